The predicted molar refractivity (Wildman–Crippen MR) is 144 cm³/mol. The summed E-state index contributed by atoms with van der Waals surface area (Å²) in [6.07, 6.45) is 9.20. The van der Waals surface area contributed by atoms with Crippen molar-refractivity contribution in [1.29, 1.82) is 0 Å². The van der Waals surface area contributed by atoms with Gasteiger partial charge >= 0.3 is 5.97 Å². The predicted octanol–water partition coefficient (Wildman–Crippen LogP) is 7.56. The number of rotatable bonds is 8. The molecule has 1 aliphatic carbocycles. The Bertz CT molecular complexity index is 893. The Labute approximate surface area is 210 Å². The normalized spacial score (nSPS) is 13.6. The van der Waals surface area contributed by atoms with Crippen LogP contribution >= 0.6 is 0 Å². The molecule has 1 unspecified atom stereocenters. The van der Waals surface area contributed by atoms with Crippen LogP contribution in [0.15, 0.2) is 73.8 Å². The van der Waals surface area contributed by atoms with Gasteiger partial charge in [-0.3, -0.25) is 0 Å². The molecule has 1 saturated carbocycles. The van der Waals surface area contributed by atoms with E-state index in [1.54, 1.807) is 31.2 Å². The maximum atomic E-state index is 11.1. The molecule has 0 bridgehead atoms. The lowest BCUT2D eigenvalue weighted by Crippen LogP contribution is -2.20. The summed E-state index contributed by atoms with van der Waals surface area (Å²) in [7, 11) is 0. The highest BCUT2D eigenvalue weighted by Crippen LogP contribution is 2.21. The number of carbonyl (C=O) groups excluding carboxylic acids is 1. The number of hydrogen-bond donors (Lipinski definition) is 1. The number of ether oxygens (including phenoxy) is 3. The van der Waals surface area contributed by atoms with E-state index < -0.39 is 0 Å². The fourth-order valence-corrected chi connectivity index (χ4v) is 3.19. The highest BCUT2D eigenvalue weighted by atomic mass is 16.7. The molecule has 190 valence electrons. The Balaban J connectivity index is 0.000000269. The van der Waals surface area contributed by atoms with Crippen LogP contribution in [0.4, 0.5) is 0 Å². The van der Waals surface area contributed by atoms with E-state index in [4.69, 9.17) is 19.3 Å². The first-order valence-electron chi connectivity index (χ1n) is 12.1. The van der Waals surface area contributed by atoms with Gasteiger partial charge in [-0.05, 0) is 81.8 Å². The Morgan fingerprint density at radius 2 is 1.51 bits per heavy atom. The summed E-state index contributed by atoms with van der Waals surface area (Å²) in [5, 5.41) is 8.82. The van der Waals surface area contributed by atoms with Crippen molar-refractivity contribution in [2.75, 3.05) is 6.61 Å². The molecule has 0 spiro atoms. The van der Waals surface area contributed by atoms with Crippen molar-refractivity contribution in [3.63, 3.8) is 0 Å². The number of aromatic hydroxyl groups is 1. The second kappa shape index (κ2) is 17.2. The van der Waals surface area contributed by atoms with Gasteiger partial charge in [0.25, 0.3) is 0 Å². The molecule has 0 amide bonds. The molecule has 0 aliphatic heterocycles. The van der Waals surface area contributed by atoms with Gasteiger partial charge < -0.3 is 19.3 Å². The lowest BCUT2D eigenvalue weighted by Gasteiger charge is -2.21. The number of phenols is 1. The van der Waals surface area contributed by atoms with Gasteiger partial charge in [-0.15, -0.1) is 0 Å². The molecule has 0 saturated heterocycles. The Kier molecular flexibility index (Phi) is 14.6. The highest BCUT2D eigenvalue weighted by molar-refractivity contribution is 5.87. The zero-order chi connectivity index (χ0) is 26.1. The fourth-order valence-electron chi connectivity index (χ4n) is 3.19. The monoisotopic (exact) mass is 480 g/mol. The summed E-state index contributed by atoms with van der Waals surface area (Å²) in [6.45, 7) is 17.0. The van der Waals surface area contributed by atoms with E-state index in [-0.39, 0.29) is 18.4 Å². The Morgan fingerprint density at radius 3 is 1.97 bits per heavy atom. The van der Waals surface area contributed by atoms with Crippen LogP contribution in [0.25, 0.3) is 12.2 Å². The van der Waals surface area contributed by atoms with Crippen molar-refractivity contribution in [2.24, 2.45) is 0 Å². The second-order valence-electron chi connectivity index (χ2n) is 8.16. The summed E-state index contributed by atoms with van der Waals surface area (Å²) in [5.74, 6) is 0.874. The van der Waals surface area contributed by atoms with Crippen molar-refractivity contribution >= 4 is 18.1 Å². The van der Waals surface area contributed by atoms with E-state index in [9.17, 15) is 4.79 Å². The van der Waals surface area contributed by atoms with E-state index in [0.717, 1.165) is 29.7 Å². The van der Waals surface area contributed by atoms with E-state index >= 15 is 0 Å². The van der Waals surface area contributed by atoms with Crippen molar-refractivity contribution in [2.45, 2.75) is 65.3 Å². The topological polar surface area (TPSA) is 65.0 Å². The van der Waals surface area contributed by atoms with Crippen LogP contribution in [-0.2, 0) is 14.3 Å². The average Bonchev–Trinajstić information content (AvgIpc) is 2.86. The summed E-state index contributed by atoms with van der Waals surface area (Å²) >= 11 is 0. The van der Waals surface area contributed by atoms with Crippen LogP contribution < -0.4 is 4.74 Å². The van der Waals surface area contributed by atoms with E-state index in [1.807, 2.05) is 50.2 Å². The standard InChI is InChI=1S/C12H16O2.C10H16O2.C8H8O/c1-4-11-6-8-12(9-7-11)14-10(3)13-5-2;1-8(2)10(11)12-9-6-4-3-5-7-9;1-2-7-3-5-8(9)6-4-7/h4,6-10H,1,5H2,2-3H3;9H,1,3-7H2,2H3;2-6,9H,1H2. The number of esters is 1. The zero-order valence-corrected chi connectivity index (χ0v) is 21.4. The molecule has 5 nitrogen and oxygen atoms in total. The molecule has 0 aromatic heterocycles. The van der Waals surface area contributed by atoms with Crippen LogP contribution in [0.1, 0.15) is 64.0 Å². The van der Waals surface area contributed by atoms with Crippen LogP contribution in [-0.4, -0.2) is 30.1 Å². The van der Waals surface area contributed by atoms with Gasteiger partial charge in [0.05, 0.1) is 0 Å². The van der Waals surface area contributed by atoms with Gasteiger partial charge in [-0.1, -0.05) is 62.6 Å². The highest BCUT2D eigenvalue weighted by Gasteiger charge is 2.17. The molecular formula is C30H40O5. The third-order valence-electron chi connectivity index (χ3n) is 5.12. The summed E-state index contributed by atoms with van der Waals surface area (Å²) < 4.78 is 16.0. The van der Waals surface area contributed by atoms with Crippen LogP contribution in [0.5, 0.6) is 11.5 Å². The third-order valence-corrected chi connectivity index (χ3v) is 5.12. The number of benzene rings is 2. The number of hydrogen-bond acceptors (Lipinski definition) is 5. The number of phenolic OH excluding ortho intramolecular Hbond substituents is 1. The first-order valence-corrected chi connectivity index (χ1v) is 12.1. The molecule has 1 atom stereocenters. The molecular weight excluding hydrogens is 440 g/mol. The molecule has 0 radical (unpaired) electrons. The molecule has 35 heavy (non-hydrogen) atoms. The van der Waals surface area contributed by atoms with Crippen molar-refractivity contribution in [3.05, 3.63) is 85.0 Å². The lowest BCUT2D eigenvalue weighted by atomic mass is 9.98. The Hall–Kier alpha value is -3.31. The summed E-state index contributed by atoms with van der Waals surface area (Å²) in [6, 6.07) is 14.6. The van der Waals surface area contributed by atoms with Gasteiger partial charge in [0.15, 0.2) is 6.29 Å². The molecule has 2 aromatic rings. The zero-order valence-electron chi connectivity index (χ0n) is 21.4. The van der Waals surface area contributed by atoms with Crippen molar-refractivity contribution in [1.82, 2.24) is 0 Å². The van der Waals surface area contributed by atoms with E-state index in [0.29, 0.717) is 17.9 Å². The van der Waals surface area contributed by atoms with Crippen molar-refractivity contribution in [3.8, 4) is 11.5 Å². The van der Waals surface area contributed by atoms with Gasteiger partial charge in [0.2, 0.25) is 0 Å². The summed E-state index contributed by atoms with van der Waals surface area (Å²) in [4.78, 5) is 11.1. The van der Waals surface area contributed by atoms with Crippen LogP contribution in [0.3, 0.4) is 0 Å². The summed E-state index contributed by atoms with van der Waals surface area (Å²) in [5.41, 5.74) is 2.61. The Morgan fingerprint density at radius 1 is 1.00 bits per heavy atom. The SMILES string of the molecule is C=C(C)C(=O)OC1CCCCC1.C=Cc1ccc(O)cc1.C=Cc1ccc(OC(C)OCC)cc1. The molecule has 1 fully saturated rings. The minimum absolute atomic E-state index is 0.156. The lowest BCUT2D eigenvalue weighted by molar-refractivity contribution is -0.145. The first-order chi connectivity index (χ1) is 16.8. The maximum Gasteiger partial charge on any atom is 0.333 e. The second-order valence-corrected chi connectivity index (χ2v) is 8.16. The molecule has 5 heteroatoms. The first kappa shape index (κ1) is 29.7. The van der Waals surface area contributed by atoms with Crippen LogP contribution in [0.2, 0.25) is 0 Å². The quantitative estimate of drug-likeness (QED) is 0.240. The third kappa shape index (κ3) is 13.2. The minimum Gasteiger partial charge on any atom is -0.508 e. The molecule has 3 rings (SSSR count). The largest absolute Gasteiger partial charge is 0.508 e. The van der Waals surface area contributed by atoms with Gasteiger partial charge in [-0.25, -0.2) is 4.79 Å². The number of carbonyl (C=O) groups is 1. The molecule has 2 aromatic carbocycles. The maximum absolute atomic E-state index is 11.1. The smallest absolute Gasteiger partial charge is 0.333 e. The van der Waals surface area contributed by atoms with E-state index in [2.05, 4.69) is 19.7 Å². The van der Waals surface area contributed by atoms with Crippen LogP contribution in [0, 0.1) is 0 Å². The van der Waals surface area contributed by atoms with Gasteiger partial charge in [-0.2, -0.15) is 0 Å². The molecule has 1 aliphatic rings. The van der Waals surface area contributed by atoms with E-state index in [1.165, 1.54) is 19.3 Å². The molecule has 0 heterocycles. The molecule has 1 N–H and O–H groups in total. The average molecular weight is 481 g/mol. The van der Waals surface area contributed by atoms with Crippen molar-refractivity contribution < 1.29 is 24.1 Å². The van der Waals surface area contributed by atoms with Gasteiger partial charge in [0.1, 0.15) is 17.6 Å². The fraction of sp³-hybridized carbons (Fsp3) is 0.367. The van der Waals surface area contributed by atoms with Gasteiger partial charge in [0, 0.05) is 12.2 Å². The minimum atomic E-state index is -0.234.